The highest BCUT2D eigenvalue weighted by Crippen LogP contribution is 2.40. The molecule has 17 heteroatoms. The number of halogens is 1. The van der Waals surface area contributed by atoms with Crippen molar-refractivity contribution in [2.24, 2.45) is 4.99 Å². The molecule has 15 nitrogen and oxygen atoms in total. The third-order valence-electron chi connectivity index (χ3n) is 10.9. The van der Waals surface area contributed by atoms with Crippen LogP contribution in [0.4, 0.5) is 0 Å². The molecule has 2 aromatic heterocycles. The molecule has 3 aliphatic rings. The molecule has 4 aromatic rings. The maximum atomic E-state index is 13.2. The number of imide groups is 2. The summed E-state index contributed by atoms with van der Waals surface area (Å²) in [6.45, 7) is 6.92. The molecule has 1 fully saturated rings. The molecule has 0 bridgehead atoms. The molecule has 0 radical (unpaired) electrons. The average molecular weight is 843 g/mol. The number of unbranched alkanes of at least 4 members (excludes halogenated alkanes) is 5. The van der Waals surface area contributed by atoms with Crippen molar-refractivity contribution < 1.29 is 33.8 Å². The molecule has 5 heterocycles. The topological polar surface area (TPSA) is 197 Å². The van der Waals surface area contributed by atoms with Gasteiger partial charge in [-0.2, -0.15) is 0 Å². The first kappa shape index (κ1) is 41.9. The van der Waals surface area contributed by atoms with Crippen LogP contribution in [0.5, 0.6) is 5.75 Å². The number of nitrogens with zero attached hydrogens (tertiary/aromatic N) is 5. The van der Waals surface area contributed by atoms with E-state index in [1.807, 2.05) is 31.2 Å². The first-order valence-electron chi connectivity index (χ1n) is 19.9. The van der Waals surface area contributed by atoms with Gasteiger partial charge in [0, 0.05) is 40.4 Å². The van der Waals surface area contributed by atoms with Gasteiger partial charge in [0.1, 0.15) is 34.9 Å². The van der Waals surface area contributed by atoms with Gasteiger partial charge >= 0.3 is 0 Å². The molecule has 59 heavy (non-hydrogen) atoms. The van der Waals surface area contributed by atoms with Crippen molar-refractivity contribution in [3.8, 4) is 10.8 Å². The Morgan fingerprint density at radius 3 is 2.44 bits per heavy atom. The molecule has 7 rings (SSSR count). The lowest BCUT2D eigenvalue weighted by Gasteiger charge is -2.27. The number of ether oxygens (including phenoxy) is 1. The van der Waals surface area contributed by atoms with Crippen molar-refractivity contribution in [1.82, 2.24) is 35.6 Å². The number of rotatable bonds is 17. The van der Waals surface area contributed by atoms with Crippen LogP contribution in [0.25, 0.3) is 5.00 Å². The van der Waals surface area contributed by atoms with Crippen LogP contribution in [0.2, 0.25) is 5.02 Å². The smallest absolute Gasteiger partial charge is 0.266 e. The normalized spacial score (nSPS) is 17.8. The van der Waals surface area contributed by atoms with E-state index in [-0.39, 0.29) is 42.2 Å². The number of benzene rings is 2. The van der Waals surface area contributed by atoms with E-state index in [9.17, 15) is 29.1 Å². The summed E-state index contributed by atoms with van der Waals surface area (Å²) in [5, 5.41) is 30.0. The number of amides is 5. The van der Waals surface area contributed by atoms with Crippen LogP contribution in [-0.4, -0.2) is 92.0 Å². The Bertz CT molecular complexity index is 2310. The number of piperidine rings is 1. The molecule has 2 unspecified atom stereocenters. The Hall–Kier alpha value is -5.29. The molecule has 3 aliphatic heterocycles. The van der Waals surface area contributed by atoms with Crippen LogP contribution < -0.4 is 20.7 Å². The van der Waals surface area contributed by atoms with Gasteiger partial charge in [-0.05, 0) is 76.4 Å². The molecule has 1 saturated heterocycles. The van der Waals surface area contributed by atoms with Crippen molar-refractivity contribution in [3.05, 3.63) is 91.8 Å². The lowest BCUT2D eigenvalue weighted by atomic mass is 9.99. The highest BCUT2D eigenvalue weighted by molar-refractivity contribution is 7.15. The number of fused-ring (bicyclic) bond motifs is 4. The molecule has 2 aromatic carbocycles. The number of carbonyl (C=O) groups excluding carboxylic acids is 5. The number of aromatic nitrogens is 3. The highest BCUT2D eigenvalue weighted by atomic mass is 35.5. The van der Waals surface area contributed by atoms with Crippen LogP contribution in [0.1, 0.15) is 118 Å². The molecular weight excluding hydrogens is 796 g/mol. The van der Waals surface area contributed by atoms with E-state index in [4.69, 9.17) is 21.3 Å². The predicted molar refractivity (Wildman–Crippen MR) is 221 cm³/mol. The number of carbonyl (C=O) groups is 5. The quantitative estimate of drug-likeness (QED) is 0.0636. The molecule has 0 aliphatic carbocycles. The Kier molecular flexibility index (Phi) is 13.0. The summed E-state index contributed by atoms with van der Waals surface area (Å²) >= 11 is 7.92. The van der Waals surface area contributed by atoms with E-state index >= 15 is 0 Å². The number of aliphatic hydroxyl groups excluding tert-OH is 1. The van der Waals surface area contributed by atoms with Crippen molar-refractivity contribution in [2.75, 3.05) is 19.7 Å². The second kappa shape index (κ2) is 18.3. The third-order valence-corrected chi connectivity index (χ3v) is 12.3. The van der Waals surface area contributed by atoms with Crippen LogP contribution in [-0.2, 0) is 14.4 Å². The van der Waals surface area contributed by atoms with E-state index in [0.717, 1.165) is 76.7 Å². The number of hydrogen-bond acceptors (Lipinski definition) is 12. The monoisotopic (exact) mass is 842 g/mol. The van der Waals surface area contributed by atoms with Gasteiger partial charge in [-0.3, -0.25) is 49.1 Å². The lowest BCUT2D eigenvalue weighted by Crippen LogP contribution is -2.54. The number of hydrogen-bond donors (Lipinski definition) is 4. The van der Waals surface area contributed by atoms with E-state index in [1.54, 1.807) is 17.4 Å². The Labute approximate surface area is 350 Å². The van der Waals surface area contributed by atoms with Gasteiger partial charge < -0.3 is 15.2 Å². The van der Waals surface area contributed by atoms with Crippen LogP contribution in [0.3, 0.4) is 0 Å². The second-order valence-electron chi connectivity index (χ2n) is 15.0. The minimum atomic E-state index is -1.09. The SMILES string of the molecule is Cc1sc2c(c1C)C(c1ccc(Cl)cc1)=N[C@@H](CC(O)NCCCCCCCCNC(=O)COc1cccc3c1C(=O)N(C1CCC(=O)NC1=O)C3=O)c1nnc(C)n1-2. The summed E-state index contributed by atoms with van der Waals surface area (Å²) in [5.41, 5.74) is 4.09. The fraction of sp³-hybridized carbons (Fsp3) is 0.429. The van der Waals surface area contributed by atoms with Gasteiger partial charge in [-0.1, -0.05) is 55.5 Å². The standard InChI is InChI=1S/C42H47ClN8O7S/c1-23-24(2)59-42-35(23)37(26-13-15-27(43)16-14-26)46-29(38-49-48-25(3)50(38)42)21-33(53)44-19-8-6-4-5-7-9-20-45-34(54)22-58-31-12-10-11-28-36(31)41(57)51(40(28)56)30-17-18-32(52)47-39(30)55/h10-16,29-30,33,44,53H,4-9,17-22H2,1-3H3,(H,45,54)(H,47,52,55)/t29-,30?,33?/m0/s1. The van der Waals surface area contributed by atoms with E-state index in [1.165, 1.54) is 17.0 Å². The number of aryl methyl sites for hydroxylation is 2. The zero-order valence-corrected chi connectivity index (χ0v) is 34.8. The van der Waals surface area contributed by atoms with Gasteiger partial charge in [-0.25, -0.2) is 0 Å². The number of thiophene rings is 1. The van der Waals surface area contributed by atoms with E-state index < -0.39 is 41.9 Å². The second-order valence-corrected chi connectivity index (χ2v) is 16.6. The molecule has 5 amide bonds. The first-order chi connectivity index (χ1) is 28.4. The lowest BCUT2D eigenvalue weighted by molar-refractivity contribution is -0.136. The van der Waals surface area contributed by atoms with Crippen molar-refractivity contribution in [1.29, 1.82) is 0 Å². The fourth-order valence-electron chi connectivity index (χ4n) is 7.70. The van der Waals surface area contributed by atoms with Gasteiger partial charge in [-0.15, -0.1) is 21.5 Å². The van der Waals surface area contributed by atoms with Gasteiger partial charge in [0.25, 0.3) is 17.7 Å². The van der Waals surface area contributed by atoms with Gasteiger partial charge in [0.05, 0.1) is 16.8 Å². The minimum Gasteiger partial charge on any atom is -0.483 e. The van der Waals surface area contributed by atoms with Crippen LogP contribution in [0, 0.1) is 20.8 Å². The van der Waals surface area contributed by atoms with Gasteiger partial charge in [0.15, 0.2) is 12.4 Å². The summed E-state index contributed by atoms with van der Waals surface area (Å²) in [6, 6.07) is 10.7. The average Bonchev–Trinajstić information content (AvgIpc) is 3.79. The molecule has 310 valence electrons. The fourth-order valence-corrected chi connectivity index (χ4v) is 9.04. The zero-order valence-electron chi connectivity index (χ0n) is 33.2. The van der Waals surface area contributed by atoms with Gasteiger partial charge in [0.2, 0.25) is 11.8 Å². The Balaban J connectivity index is 0.811. The molecule has 3 atom stereocenters. The third kappa shape index (κ3) is 9.00. The number of aliphatic hydroxyl groups is 1. The number of nitrogens with one attached hydrogen (secondary N) is 3. The number of aliphatic imine (C=N–C) groups is 1. The van der Waals surface area contributed by atoms with E-state index in [0.29, 0.717) is 30.4 Å². The van der Waals surface area contributed by atoms with Crippen molar-refractivity contribution >= 4 is 58.2 Å². The van der Waals surface area contributed by atoms with Crippen molar-refractivity contribution in [3.63, 3.8) is 0 Å². The molecule has 0 saturated carbocycles. The molecule has 4 N–H and O–H groups in total. The molecule has 0 spiro atoms. The maximum absolute atomic E-state index is 13.2. The van der Waals surface area contributed by atoms with Crippen molar-refractivity contribution in [2.45, 2.75) is 96.9 Å². The molecular formula is C42H47ClN8O7S. The first-order valence-corrected chi connectivity index (χ1v) is 21.1. The van der Waals surface area contributed by atoms with E-state index in [2.05, 4.69) is 44.6 Å². The summed E-state index contributed by atoms with van der Waals surface area (Å²) < 4.78 is 7.74. The van der Waals surface area contributed by atoms with Crippen LogP contribution in [0.15, 0.2) is 47.5 Å². The summed E-state index contributed by atoms with van der Waals surface area (Å²) in [7, 11) is 0. The largest absolute Gasteiger partial charge is 0.483 e. The van der Waals surface area contributed by atoms with Crippen LogP contribution >= 0.6 is 22.9 Å². The zero-order chi connectivity index (χ0) is 41.8. The summed E-state index contributed by atoms with van der Waals surface area (Å²) in [4.78, 5) is 70.1. The highest BCUT2D eigenvalue weighted by Gasteiger charge is 2.46. The Morgan fingerprint density at radius 1 is 0.966 bits per heavy atom. The summed E-state index contributed by atoms with van der Waals surface area (Å²) in [5.74, 6) is -1.29. The maximum Gasteiger partial charge on any atom is 0.266 e. The predicted octanol–water partition coefficient (Wildman–Crippen LogP) is 5.03. The minimum absolute atomic E-state index is 0.000350. The Morgan fingerprint density at radius 2 is 1.69 bits per heavy atom. The summed E-state index contributed by atoms with van der Waals surface area (Å²) in [6.07, 6.45) is 5.18.